The second kappa shape index (κ2) is 10.6. The van der Waals surface area contributed by atoms with Crippen molar-refractivity contribution in [2.75, 3.05) is 13.6 Å². The second-order valence-corrected chi connectivity index (χ2v) is 6.13. The molecule has 0 bridgehead atoms. The van der Waals surface area contributed by atoms with Crippen LogP contribution >= 0.6 is 0 Å². The molecule has 0 aromatic heterocycles. The second-order valence-electron chi connectivity index (χ2n) is 6.13. The van der Waals surface area contributed by atoms with E-state index in [1.807, 2.05) is 0 Å². The molecule has 1 saturated heterocycles. The van der Waals surface area contributed by atoms with Crippen LogP contribution in [0.5, 0.6) is 0 Å². The highest BCUT2D eigenvalue weighted by molar-refractivity contribution is 5.76. The number of cyclic esters (lactones) is 1. The number of carbonyl (C=O) groups excluding carboxylic acids is 2. The Bertz CT molecular complexity index is 350. The summed E-state index contributed by atoms with van der Waals surface area (Å²) in [5, 5.41) is 2.71. The number of amides is 1. The summed E-state index contributed by atoms with van der Waals surface area (Å²) in [6.07, 6.45) is 7.91. The van der Waals surface area contributed by atoms with E-state index in [0.29, 0.717) is 6.42 Å². The summed E-state index contributed by atoms with van der Waals surface area (Å²) in [6.45, 7) is 2.18. The molecule has 1 amide bonds. The minimum absolute atomic E-state index is 0.00171. The summed E-state index contributed by atoms with van der Waals surface area (Å²) in [4.78, 5) is 25.4. The molecule has 0 aromatic carbocycles. The Labute approximate surface area is 133 Å². The molecule has 1 fully saturated rings. The van der Waals surface area contributed by atoms with Crippen LogP contribution in [0.1, 0.15) is 64.7 Å². The molecule has 2 atom stereocenters. The minimum Gasteiger partial charge on any atom is -0.461 e. The topological polar surface area (TPSA) is 84.7 Å². The van der Waals surface area contributed by atoms with Crippen LogP contribution in [0.2, 0.25) is 0 Å². The molecule has 3 N–H and O–H groups in total. The van der Waals surface area contributed by atoms with Gasteiger partial charge in [0.1, 0.15) is 12.4 Å². The van der Waals surface area contributed by atoms with Gasteiger partial charge in [0.05, 0.1) is 6.54 Å². The molecular weight excluding hydrogens is 282 g/mol. The monoisotopic (exact) mass is 313 g/mol. The average Bonchev–Trinajstić information content (AvgIpc) is 2.45. The van der Waals surface area contributed by atoms with E-state index in [2.05, 4.69) is 12.2 Å². The largest absolute Gasteiger partial charge is 0.461 e. The van der Waals surface area contributed by atoms with Crippen molar-refractivity contribution in [2.24, 2.45) is 5.73 Å². The van der Waals surface area contributed by atoms with Gasteiger partial charge in [-0.25, -0.2) is 0 Å². The third-order valence-electron chi connectivity index (χ3n) is 4.00. The predicted molar refractivity (Wildman–Crippen MR) is 85.9 cm³/mol. The van der Waals surface area contributed by atoms with Gasteiger partial charge < -0.3 is 10.1 Å². The molecule has 6 nitrogen and oxygen atoms in total. The van der Waals surface area contributed by atoms with Gasteiger partial charge in [0.2, 0.25) is 5.91 Å². The summed E-state index contributed by atoms with van der Waals surface area (Å²) in [7, 11) is 1.71. The summed E-state index contributed by atoms with van der Waals surface area (Å²) in [5.74, 6) is -0.341. The van der Waals surface area contributed by atoms with Crippen LogP contribution in [0, 0.1) is 0 Å². The zero-order valence-electron chi connectivity index (χ0n) is 14.0. The summed E-state index contributed by atoms with van der Waals surface area (Å²) < 4.78 is 5.56. The van der Waals surface area contributed by atoms with Gasteiger partial charge in [-0.3, -0.25) is 20.2 Å². The Morgan fingerprint density at radius 3 is 2.64 bits per heavy atom. The Balaban J connectivity index is 2.60. The quantitative estimate of drug-likeness (QED) is 0.759. The van der Waals surface area contributed by atoms with E-state index in [9.17, 15) is 9.59 Å². The fraction of sp³-hybridized carbons (Fsp3) is 0.875. The van der Waals surface area contributed by atoms with Crippen molar-refractivity contribution in [3.63, 3.8) is 0 Å². The maximum Gasteiger partial charge on any atom is 0.320 e. The van der Waals surface area contributed by atoms with Gasteiger partial charge in [0, 0.05) is 6.42 Å². The Morgan fingerprint density at radius 1 is 1.23 bits per heavy atom. The van der Waals surface area contributed by atoms with E-state index in [4.69, 9.17) is 10.5 Å². The number of carbonyl (C=O) groups is 2. The predicted octanol–water partition coefficient (Wildman–Crippen LogP) is 1.73. The molecule has 2 unspecified atom stereocenters. The number of rotatable bonds is 2. The van der Waals surface area contributed by atoms with Crippen molar-refractivity contribution in [3.05, 3.63) is 0 Å². The van der Waals surface area contributed by atoms with E-state index in [1.165, 1.54) is 0 Å². The Morgan fingerprint density at radius 2 is 1.91 bits per heavy atom. The van der Waals surface area contributed by atoms with Gasteiger partial charge in [-0.2, -0.15) is 0 Å². The van der Waals surface area contributed by atoms with Crippen molar-refractivity contribution < 1.29 is 14.3 Å². The smallest absolute Gasteiger partial charge is 0.320 e. The number of nitrogens with two attached hydrogens (primary N) is 1. The van der Waals surface area contributed by atoms with Crippen LogP contribution < -0.4 is 11.1 Å². The fourth-order valence-electron chi connectivity index (χ4n) is 2.64. The molecule has 128 valence electrons. The zero-order valence-corrected chi connectivity index (χ0v) is 14.0. The molecule has 0 spiro atoms. The standard InChI is InChI=1S/C16H31N3O3/c1-3-9-13-10-7-5-4-6-8-11-14(20)18-16(17)19(2)12-15(21)22-13/h13,16H,3-12,17H2,1-2H3,(H,18,20). The van der Waals surface area contributed by atoms with Crippen molar-refractivity contribution in [2.45, 2.75) is 77.1 Å². The van der Waals surface area contributed by atoms with Crippen molar-refractivity contribution in [1.29, 1.82) is 0 Å². The maximum absolute atomic E-state index is 12.0. The molecule has 1 rings (SSSR count). The number of hydrogen-bond acceptors (Lipinski definition) is 5. The van der Waals surface area contributed by atoms with Gasteiger partial charge >= 0.3 is 5.97 Å². The number of esters is 1. The molecule has 1 aliphatic rings. The first-order chi connectivity index (χ1) is 10.5. The third kappa shape index (κ3) is 7.75. The number of ether oxygens (including phenoxy) is 1. The number of nitrogens with one attached hydrogen (secondary N) is 1. The lowest BCUT2D eigenvalue weighted by atomic mass is 10.0. The van der Waals surface area contributed by atoms with Gasteiger partial charge in [-0.1, -0.05) is 32.6 Å². The van der Waals surface area contributed by atoms with Crippen molar-refractivity contribution in [1.82, 2.24) is 10.2 Å². The third-order valence-corrected chi connectivity index (χ3v) is 4.00. The molecule has 1 heterocycles. The molecule has 0 aliphatic carbocycles. The number of nitrogens with zero attached hydrogens (tertiary/aromatic N) is 1. The molecule has 22 heavy (non-hydrogen) atoms. The van der Waals surface area contributed by atoms with Crippen LogP contribution in [-0.2, 0) is 14.3 Å². The van der Waals surface area contributed by atoms with Gasteiger partial charge in [0.15, 0.2) is 0 Å². The zero-order chi connectivity index (χ0) is 16.4. The molecule has 0 aromatic rings. The molecule has 6 heteroatoms. The van der Waals surface area contributed by atoms with E-state index in [0.717, 1.165) is 51.4 Å². The highest BCUT2D eigenvalue weighted by Crippen LogP contribution is 2.15. The highest BCUT2D eigenvalue weighted by Gasteiger charge is 2.19. The Kier molecular flexibility index (Phi) is 9.08. The normalized spacial score (nSPS) is 27.4. The van der Waals surface area contributed by atoms with Crippen LogP contribution in [0.15, 0.2) is 0 Å². The average molecular weight is 313 g/mol. The van der Waals surface area contributed by atoms with Gasteiger partial charge in [0.25, 0.3) is 0 Å². The SMILES string of the molecule is CCCC1CCCCCCCC(=O)NC(N)N(C)CC(=O)O1. The summed E-state index contributed by atoms with van der Waals surface area (Å²) >= 11 is 0. The first-order valence-electron chi connectivity index (χ1n) is 8.47. The first-order valence-corrected chi connectivity index (χ1v) is 8.47. The summed E-state index contributed by atoms with van der Waals surface area (Å²) in [5.41, 5.74) is 5.89. The van der Waals surface area contributed by atoms with E-state index in [1.54, 1.807) is 11.9 Å². The van der Waals surface area contributed by atoms with E-state index < -0.39 is 6.29 Å². The van der Waals surface area contributed by atoms with Crippen LogP contribution in [0.4, 0.5) is 0 Å². The van der Waals surface area contributed by atoms with Gasteiger partial charge in [-0.05, 0) is 32.7 Å². The van der Waals surface area contributed by atoms with Crippen LogP contribution in [-0.4, -0.2) is 42.8 Å². The minimum atomic E-state index is -0.658. The number of likely N-dealkylation sites (N-methyl/N-ethyl adjacent to an activating group) is 1. The maximum atomic E-state index is 12.0. The lowest BCUT2D eigenvalue weighted by Crippen LogP contribution is -2.54. The van der Waals surface area contributed by atoms with Gasteiger partial charge in [-0.15, -0.1) is 0 Å². The van der Waals surface area contributed by atoms with E-state index in [-0.39, 0.29) is 24.5 Å². The first kappa shape index (κ1) is 18.9. The van der Waals surface area contributed by atoms with Crippen LogP contribution in [0.3, 0.4) is 0 Å². The molecule has 0 radical (unpaired) electrons. The van der Waals surface area contributed by atoms with Crippen molar-refractivity contribution in [3.8, 4) is 0 Å². The number of hydrogen-bond donors (Lipinski definition) is 2. The lowest BCUT2D eigenvalue weighted by molar-refractivity contribution is -0.151. The van der Waals surface area contributed by atoms with Crippen molar-refractivity contribution >= 4 is 11.9 Å². The summed E-state index contributed by atoms with van der Waals surface area (Å²) in [6, 6.07) is 0. The lowest BCUT2D eigenvalue weighted by Gasteiger charge is -2.25. The van der Waals surface area contributed by atoms with Crippen LogP contribution in [0.25, 0.3) is 0 Å². The molecular formula is C16H31N3O3. The highest BCUT2D eigenvalue weighted by atomic mass is 16.5. The fourth-order valence-corrected chi connectivity index (χ4v) is 2.64. The Hall–Kier alpha value is -1.14. The molecule has 0 saturated carbocycles. The van der Waals surface area contributed by atoms with E-state index >= 15 is 0 Å². The molecule has 1 aliphatic heterocycles.